The minimum Gasteiger partial charge on any atom is -0.377 e. The van der Waals surface area contributed by atoms with Gasteiger partial charge in [0.2, 0.25) is 0 Å². The van der Waals surface area contributed by atoms with Crippen LogP contribution in [-0.4, -0.2) is 38.3 Å². The van der Waals surface area contributed by atoms with Gasteiger partial charge in [-0.1, -0.05) is 19.9 Å². The van der Waals surface area contributed by atoms with Crippen LogP contribution in [0.3, 0.4) is 0 Å². The van der Waals surface area contributed by atoms with Crippen LogP contribution in [0.15, 0.2) is 23.2 Å². The van der Waals surface area contributed by atoms with Crippen molar-refractivity contribution in [3.63, 3.8) is 0 Å². The first-order chi connectivity index (χ1) is 11.4. The van der Waals surface area contributed by atoms with Gasteiger partial charge in [-0.2, -0.15) is 0 Å². The first-order valence-electron chi connectivity index (χ1n) is 8.77. The summed E-state index contributed by atoms with van der Waals surface area (Å²) in [5.41, 5.74) is 2.28. The molecule has 1 aliphatic carbocycles. The third kappa shape index (κ3) is 3.14. The Morgan fingerprint density at radius 3 is 2.92 bits per heavy atom. The molecule has 0 spiro atoms. The van der Waals surface area contributed by atoms with E-state index >= 15 is 0 Å². The van der Waals surface area contributed by atoms with E-state index in [2.05, 4.69) is 29.5 Å². The summed E-state index contributed by atoms with van der Waals surface area (Å²) in [5, 5.41) is 6.95. The average molecular weight is 333 g/mol. The summed E-state index contributed by atoms with van der Waals surface area (Å²) < 4.78 is 19.0. The zero-order valence-corrected chi connectivity index (χ0v) is 15.0. The van der Waals surface area contributed by atoms with Crippen LogP contribution >= 0.6 is 0 Å². The van der Waals surface area contributed by atoms with E-state index in [1.165, 1.54) is 6.07 Å². The molecule has 1 saturated carbocycles. The lowest BCUT2D eigenvalue weighted by Crippen LogP contribution is -2.68. The van der Waals surface area contributed by atoms with Gasteiger partial charge in [-0.15, -0.1) is 0 Å². The second-order valence-electron chi connectivity index (χ2n) is 7.51. The maximum atomic E-state index is 13.2. The Bertz CT molecular complexity index is 629. The topological polar surface area (TPSA) is 45.7 Å². The van der Waals surface area contributed by atoms with Crippen LogP contribution < -0.4 is 10.6 Å². The number of ether oxygens (including phenoxy) is 1. The van der Waals surface area contributed by atoms with E-state index in [1.54, 1.807) is 13.1 Å². The molecule has 3 unspecified atom stereocenters. The summed E-state index contributed by atoms with van der Waals surface area (Å²) in [4.78, 5) is 4.35. The van der Waals surface area contributed by atoms with Crippen LogP contribution in [0.2, 0.25) is 0 Å². The van der Waals surface area contributed by atoms with Crippen LogP contribution in [0.4, 0.5) is 4.39 Å². The Balaban J connectivity index is 1.52. The lowest BCUT2D eigenvalue weighted by Gasteiger charge is -2.54. The van der Waals surface area contributed by atoms with E-state index in [4.69, 9.17) is 4.74 Å². The minimum absolute atomic E-state index is 0.131. The van der Waals surface area contributed by atoms with Crippen LogP contribution in [0.1, 0.15) is 31.4 Å². The number of aliphatic imine (C=N–C) groups is 1. The van der Waals surface area contributed by atoms with Gasteiger partial charge in [-0.25, -0.2) is 4.39 Å². The molecule has 2 aliphatic rings. The van der Waals surface area contributed by atoms with Crippen LogP contribution in [0.5, 0.6) is 0 Å². The predicted octanol–water partition coefficient (Wildman–Crippen LogP) is 2.66. The van der Waals surface area contributed by atoms with Crippen molar-refractivity contribution in [2.45, 2.75) is 45.8 Å². The standard InChI is InChI=1S/C19H28FN3O/c1-12-11-14(20)6-5-13(12)7-9-22-18(21-4)23-16-15-8-10-24-17(15)19(16,2)3/h5-6,11,15-17H,7-10H2,1-4H3,(H2,21,22,23). The summed E-state index contributed by atoms with van der Waals surface area (Å²) in [6.45, 7) is 8.10. The maximum absolute atomic E-state index is 13.2. The van der Waals surface area contributed by atoms with Gasteiger partial charge in [-0.05, 0) is 43.0 Å². The van der Waals surface area contributed by atoms with Crippen LogP contribution in [-0.2, 0) is 11.2 Å². The molecule has 1 heterocycles. The molecule has 0 aromatic heterocycles. The molecule has 0 bridgehead atoms. The Morgan fingerprint density at radius 2 is 2.21 bits per heavy atom. The number of guanidine groups is 1. The number of hydrogen-bond donors (Lipinski definition) is 2. The van der Waals surface area contributed by atoms with Gasteiger partial charge in [-0.3, -0.25) is 4.99 Å². The minimum atomic E-state index is -0.178. The van der Waals surface area contributed by atoms with Gasteiger partial charge in [0.15, 0.2) is 5.96 Å². The highest BCUT2D eigenvalue weighted by Crippen LogP contribution is 2.52. The molecule has 132 valence electrons. The molecule has 0 radical (unpaired) electrons. The number of nitrogens with one attached hydrogen (secondary N) is 2. The van der Waals surface area contributed by atoms with Gasteiger partial charge >= 0.3 is 0 Å². The molecule has 1 saturated heterocycles. The van der Waals surface area contributed by atoms with Gasteiger partial charge < -0.3 is 15.4 Å². The monoisotopic (exact) mass is 333 g/mol. The molecule has 24 heavy (non-hydrogen) atoms. The van der Waals surface area contributed by atoms with Crippen molar-refractivity contribution >= 4 is 5.96 Å². The normalized spacial score (nSPS) is 28.2. The van der Waals surface area contributed by atoms with Crippen LogP contribution in [0, 0.1) is 24.1 Å². The molecule has 4 nitrogen and oxygen atoms in total. The number of aryl methyl sites for hydroxylation is 1. The van der Waals surface area contributed by atoms with E-state index in [0.717, 1.165) is 43.1 Å². The molecule has 1 aliphatic heterocycles. The highest BCUT2D eigenvalue weighted by Gasteiger charge is 2.59. The summed E-state index contributed by atoms with van der Waals surface area (Å²) in [5.74, 6) is 1.23. The summed E-state index contributed by atoms with van der Waals surface area (Å²) in [6, 6.07) is 5.35. The maximum Gasteiger partial charge on any atom is 0.191 e. The first-order valence-corrected chi connectivity index (χ1v) is 8.77. The number of fused-ring (bicyclic) bond motifs is 1. The highest BCUT2D eigenvalue weighted by molar-refractivity contribution is 5.80. The fraction of sp³-hybridized carbons (Fsp3) is 0.632. The third-order valence-corrected chi connectivity index (χ3v) is 5.61. The van der Waals surface area contributed by atoms with Crippen molar-refractivity contribution in [2.75, 3.05) is 20.2 Å². The molecule has 1 aromatic rings. The van der Waals surface area contributed by atoms with Gasteiger partial charge in [0.25, 0.3) is 0 Å². The number of hydrogen-bond acceptors (Lipinski definition) is 2. The highest BCUT2D eigenvalue weighted by atomic mass is 19.1. The molecule has 5 heteroatoms. The molecule has 2 N–H and O–H groups in total. The number of rotatable bonds is 4. The second kappa shape index (κ2) is 6.71. The fourth-order valence-corrected chi connectivity index (χ4v) is 4.21. The molecule has 1 aromatic carbocycles. The van der Waals surface area contributed by atoms with E-state index in [1.807, 2.05) is 13.0 Å². The Labute approximate surface area is 143 Å². The van der Waals surface area contributed by atoms with Crippen molar-refractivity contribution in [3.8, 4) is 0 Å². The fourth-order valence-electron chi connectivity index (χ4n) is 4.21. The summed E-state index contributed by atoms with van der Waals surface area (Å²) in [6.07, 6.45) is 2.34. The number of halogens is 1. The quantitative estimate of drug-likeness (QED) is 0.658. The van der Waals surface area contributed by atoms with E-state index in [0.29, 0.717) is 18.1 Å². The van der Waals surface area contributed by atoms with Crippen molar-refractivity contribution in [1.29, 1.82) is 0 Å². The first kappa shape index (κ1) is 17.2. The molecule has 2 fully saturated rings. The molecular weight excluding hydrogens is 305 g/mol. The summed E-state index contributed by atoms with van der Waals surface area (Å²) in [7, 11) is 1.80. The number of benzene rings is 1. The Hall–Kier alpha value is -1.62. The smallest absolute Gasteiger partial charge is 0.191 e. The largest absolute Gasteiger partial charge is 0.377 e. The van der Waals surface area contributed by atoms with Crippen molar-refractivity contribution in [1.82, 2.24) is 10.6 Å². The van der Waals surface area contributed by atoms with Gasteiger partial charge in [0, 0.05) is 37.6 Å². The van der Waals surface area contributed by atoms with E-state index in [9.17, 15) is 4.39 Å². The second-order valence-corrected chi connectivity index (χ2v) is 7.51. The average Bonchev–Trinajstić information content (AvgIpc) is 2.99. The zero-order chi connectivity index (χ0) is 17.3. The zero-order valence-electron chi connectivity index (χ0n) is 15.0. The van der Waals surface area contributed by atoms with Gasteiger partial charge in [0.05, 0.1) is 6.10 Å². The molecular formula is C19H28FN3O. The van der Waals surface area contributed by atoms with E-state index < -0.39 is 0 Å². The molecule has 3 atom stereocenters. The Kier molecular flexibility index (Phi) is 4.81. The molecule has 3 rings (SSSR count). The van der Waals surface area contributed by atoms with Crippen molar-refractivity contribution < 1.29 is 9.13 Å². The Morgan fingerprint density at radius 1 is 1.42 bits per heavy atom. The summed E-state index contributed by atoms with van der Waals surface area (Å²) >= 11 is 0. The van der Waals surface area contributed by atoms with E-state index in [-0.39, 0.29) is 11.2 Å². The van der Waals surface area contributed by atoms with Crippen LogP contribution in [0.25, 0.3) is 0 Å². The lowest BCUT2D eigenvalue weighted by molar-refractivity contribution is -0.106. The van der Waals surface area contributed by atoms with Crippen molar-refractivity contribution in [2.24, 2.45) is 16.3 Å². The van der Waals surface area contributed by atoms with Gasteiger partial charge in [0.1, 0.15) is 5.82 Å². The molecule has 0 amide bonds. The number of nitrogens with zero attached hydrogens (tertiary/aromatic N) is 1. The SMILES string of the molecule is CN=C(NCCc1ccc(F)cc1C)NC1C2CCOC2C1(C)C. The third-order valence-electron chi connectivity index (χ3n) is 5.61. The van der Waals surface area contributed by atoms with Crippen molar-refractivity contribution in [3.05, 3.63) is 35.1 Å². The lowest BCUT2D eigenvalue weighted by atomic mass is 9.57. The predicted molar refractivity (Wildman–Crippen MR) is 94.8 cm³/mol.